The Bertz CT molecular complexity index is 354. The molecule has 3 amide bonds. The van der Waals surface area contributed by atoms with E-state index in [1.54, 1.807) is 11.3 Å². The number of urea groups is 1. The van der Waals surface area contributed by atoms with Crippen molar-refractivity contribution in [1.82, 2.24) is 10.6 Å². The van der Waals surface area contributed by atoms with E-state index in [2.05, 4.69) is 10.6 Å². The summed E-state index contributed by atoms with van der Waals surface area (Å²) in [5, 5.41) is 6.77. The van der Waals surface area contributed by atoms with Crippen LogP contribution < -0.4 is 10.6 Å². The summed E-state index contributed by atoms with van der Waals surface area (Å²) in [5.41, 5.74) is 0. The smallest absolute Gasteiger partial charge is 0.321 e. The van der Waals surface area contributed by atoms with Crippen molar-refractivity contribution in [3.8, 4) is 0 Å². The van der Waals surface area contributed by atoms with Crippen molar-refractivity contribution in [3.63, 3.8) is 0 Å². The van der Waals surface area contributed by atoms with Crippen LogP contribution in [0.2, 0.25) is 0 Å². The molecule has 0 fully saturated rings. The summed E-state index contributed by atoms with van der Waals surface area (Å²) in [6, 6.07) is 3.44. The van der Waals surface area contributed by atoms with E-state index >= 15 is 0 Å². The van der Waals surface area contributed by atoms with Gasteiger partial charge in [0.1, 0.15) is 5.88 Å². The van der Waals surface area contributed by atoms with Gasteiger partial charge < -0.3 is 5.32 Å². The highest BCUT2D eigenvalue weighted by atomic mass is 35.5. The maximum absolute atomic E-state index is 11.3. The van der Waals surface area contributed by atoms with Gasteiger partial charge in [-0.2, -0.15) is 0 Å². The zero-order valence-electron chi connectivity index (χ0n) is 8.83. The predicted molar refractivity (Wildman–Crippen MR) is 64.9 cm³/mol. The van der Waals surface area contributed by atoms with Crippen molar-refractivity contribution in [2.24, 2.45) is 0 Å². The monoisotopic (exact) mass is 260 g/mol. The van der Waals surface area contributed by atoms with Gasteiger partial charge >= 0.3 is 6.03 Å². The molecule has 88 valence electrons. The van der Waals surface area contributed by atoms with Gasteiger partial charge in [0.15, 0.2) is 0 Å². The van der Waals surface area contributed by atoms with Gasteiger partial charge in [-0.3, -0.25) is 10.1 Å². The molecule has 0 saturated carbocycles. The average molecular weight is 261 g/mol. The number of hydrogen-bond acceptors (Lipinski definition) is 3. The highest BCUT2D eigenvalue weighted by molar-refractivity contribution is 7.09. The molecule has 0 aliphatic rings. The maximum Gasteiger partial charge on any atom is 0.321 e. The van der Waals surface area contributed by atoms with Crippen LogP contribution in [0.25, 0.3) is 0 Å². The first kappa shape index (κ1) is 13.0. The summed E-state index contributed by atoms with van der Waals surface area (Å²) in [4.78, 5) is 23.3. The van der Waals surface area contributed by atoms with Crippen LogP contribution in [0.5, 0.6) is 0 Å². The van der Waals surface area contributed by atoms with Gasteiger partial charge in [-0.15, -0.1) is 22.9 Å². The molecule has 0 saturated heterocycles. The molecule has 0 bridgehead atoms. The highest BCUT2D eigenvalue weighted by Gasteiger charge is 2.10. The van der Waals surface area contributed by atoms with Crippen LogP contribution in [0, 0.1) is 0 Å². The molecule has 0 radical (unpaired) electrons. The maximum atomic E-state index is 11.3. The van der Waals surface area contributed by atoms with Crippen molar-refractivity contribution in [3.05, 3.63) is 22.4 Å². The summed E-state index contributed by atoms with van der Waals surface area (Å²) in [6.45, 7) is 1.88. The SMILES string of the molecule is CC(Cc1cccs1)NC(=O)NC(=O)CCl. The molecule has 1 unspecified atom stereocenters. The Balaban J connectivity index is 2.31. The van der Waals surface area contributed by atoms with Crippen molar-refractivity contribution in [2.45, 2.75) is 19.4 Å². The van der Waals surface area contributed by atoms with Crippen molar-refractivity contribution in [2.75, 3.05) is 5.88 Å². The lowest BCUT2D eigenvalue weighted by Gasteiger charge is -2.12. The molecule has 1 aromatic heterocycles. The van der Waals surface area contributed by atoms with Gasteiger partial charge in [-0.1, -0.05) is 6.07 Å². The molecule has 0 aliphatic carbocycles. The van der Waals surface area contributed by atoms with E-state index in [0.717, 1.165) is 6.42 Å². The molecule has 0 spiro atoms. The Morgan fingerprint density at radius 1 is 1.56 bits per heavy atom. The van der Waals surface area contributed by atoms with E-state index < -0.39 is 11.9 Å². The molecule has 1 aromatic rings. The molecule has 16 heavy (non-hydrogen) atoms. The third-order valence-electron chi connectivity index (χ3n) is 1.84. The van der Waals surface area contributed by atoms with Gasteiger partial charge in [0, 0.05) is 17.3 Å². The Morgan fingerprint density at radius 2 is 2.31 bits per heavy atom. The number of imide groups is 1. The van der Waals surface area contributed by atoms with Crippen LogP contribution in [-0.4, -0.2) is 23.9 Å². The molecular formula is C10H13ClN2O2S. The van der Waals surface area contributed by atoms with Crippen LogP contribution in [0.4, 0.5) is 4.79 Å². The highest BCUT2D eigenvalue weighted by Crippen LogP contribution is 2.10. The summed E-state index contributed by atoms with van der Waals surface area (Å²) >= 11 is 6.89. The predicted octanol–water partition coefficient (Wildman–Crippen LogP) is 1.74. The third-order valence-corrected chi connectivity index (χ3v) is 2.98. The zero-order valence-corrected chi connectivity index (χ0v) is 10.4. The van der Waals surface area contributed by atoms with Gasteiger partial charge in [0.25, 0.3) is 0 Å². The van der Waals surface area contributed by atoms with E-state index in [1.165, 1.54) is 4.88 Å². The fourth-order valence-electron chi connectivity index (χ4n) is 1.20. The Kier molecular flexibility index (Phi) is 5.28. The molecule has 0 aromatic carbocycles. The first-order chi connectivity index (χ1) is 7.61. The van der Waals surface area contributed by atoms with Gasteiger partial charge in [-0.25, -0.2) is 4.79 Å². The van der Waals surface area contributed by atoms with E-state index in [4.69, 9.17) is 11.6 Å². The van der Waals surface area contributed by atoms with Crippen LogP contribution in [0.15, 0.2) is 17.5 Å². The summed E-state index contributed by atoms with van der Waals surface area (Å²) in [6.07, 6.45) is 0.750. The van der Waals surface area contributed by atoms with E-state index in [1.807, 2.05) is 24.4 Å². The number of rotatable bonds is 4. The van der Waals surface area contributed by atoms with Crippen molar-refractivity contribution in [1.29, 1.82) is 0 Å². The molecular weight excluding hydrogens is 248 g/mol. The number of halogens is 1. The van der Waals surface area contributed by atoms with Crippen molar-refractivity contribution >= 4 is 34.9 Å². The number of carbonyl (C=O) groups is 2. The molecule has 0 aliphatic heterocycles. The van der Waals surface area contributed by atoms with Crippen LogP contribution >= 0.6 is 22.9 Å². The minimum Gasteiger partial charge on any atom is -0.335 e. The lowest BCUT2D eigenvalue weighted by molar-refractivity contribution is -0.117. The summed E-state index contributed by atoms with van der Waals surface area (Å²) < 4.78 is 0. The van der Waals surface area contributed by atoms with Gasteiger partial charge in [-0.05, 0) is 18.4 Å². The topological polar surface area (TPSA) is 58.2 Å². The quantitative estimate of drug-likeness (QED) is 0.811. The minimum absolute atomic E-state index is 0.0261. The standard InChI is InChI=1S/C10H13ClN2O2S/c1-7(5-8-3-2-4-16-8)12-10(15)13-9(14)6-11/h2-4,7H,5-6H2,1H3,(H2,12,13,14,15). The largest absolute Gasteiger partial charge is 0.335 e. The second-order valence-corrected chi connectivity index (χ2v) is 4.64. The van der Waals surface area contributed by atoms with Gasteiger partial charge in [0.2, 0.25) is 5.91 Å². The molecule has 4 nitrogen and oxygen atoms in total. The summed E-state index contributed by atoms with van der Waals surface area (Å²) in [7, 11) is 0. The number of thiophene rings is 1. The van der Waals surface area contributed by atoms with Crippen LogP contribution in [-0.2, 0) is 11.2 Å². The lowest BCUT2D eigenvalue weighted by atomic mass is 10.2. The van der Waals surface area contributed by atoms with Crippen molar-refractivity contribution < 1.29 is 9.59 Å². The number of hydrogen-bond donors (Lipinski definition) is 2. The minimum atomic E-state index is -0.505. The van der Waals surface area contributed by atoms with Crippen LogP contribution in [0.3, 0.4) is 0 Å². The Morgan fingerprint density at radius 3 is 2.88 bits per heavy atom. The first-order valence-corrected chi connectivity index (χ1v) is 6.22. The first-order valence-electron chi connectivity index (χ1n) is 4.80. The van der Waals surface area contributed by atoms with Gasteiger partial charge in [0.05, 0.1) is 0 Å². The summed E-state index contributed by atoms with van der Waals surface area (Å²) in [5.74, 6) is -0.713. The van der Waals surface area contributed by atoms with E-state index in [9.17, 15) is 9.59 Å². The molecule has 2 N–H and O–H groups in total. The zero-order chi connectivity index (χ0) is 12.0. The number of nitrogens with one attached hydrogen (secondary N) is 2. The van der Waals surface area contributed by atoms with Crippen LogP contribution in [0.1, 0.15) is 11.8 Å². The number of carbonyl (C=O) groups excluding carboxylic acids is 2. The molecule has 6 heteroatoms. The fraction of sp³-hybridized carbons (Fsp3) is 0.400. The molecule has 1 atom stereocenters. The Hall–Kier alpha value is -1.07. The fourth-order valence-corrected chi connectivity index (χ4v) is 2.10. The van der Waals surface area contributed by atoms with E-state index in [0.29, 0.717) is 0 Å². The number of amides is 3. The second kappa shape index (κ2) is 6.50. The normalized spacial score (nSPS) is 11.9. The van der Waals surface area contributed by atoms with E-state index in [-0.39, 0.29) is 11.9 Å². The molecule has 1 heterocycles. The second-order valence-electron chi connectivity index (χ2n) is 3.34. The molecule has 1 rings (SSSR count). The third kappa shape index (κ3) is 4.63. The Labute approximate surface area is 103 Å². The average Bonchev–Trinajstić information content (AvgIpc) is 2.69. The number of alkyl halides is 1. The lowest BCUT2D eigenvalue weighted by Crippen LogP contribution is -2.44.